The van der Waals surface area contributed by atoms with Crippen LogP contribution in [0.4, 0.5) is 0 Å². The number of pyridine rings is 3. The normalized spacial score (nSPS) is 19.8. The molecule has 0 N–H and O–H groups in total. The van der Waals surface area contributed by atoms with Gasteiger partial charge in [-0.05, 0) is 149 Å². The molecule has 4 aromatic heterocycles. The SMILES string of the molecule is [2H]c1cc2c(oc3c(-c4ccc(C([2H])([2H])C([2H])([2H])c5cc(C([2H])([2H])C([2H])([2H])c6cnc(-c7[c-]cccc7)cc6C6([2H])CCCC6)cc(C([2H])([2H])C([2H])([2H])c6cnc(-c7[c-]cccc7)cc6C6([2H])CCCC6)c5)cn4)[c-]ccc32)c([2H])c1C#N.[Ir+3]. The fourth-order valence-electron chi connectivity index (χ4n) is 8.98. The number of nitrogens with zero attached hydrogens (tertiary/aromatic N) is 4. The van der Waals surface area contributed by atoms with E-state index in [1.54, 1.807) is 72.8 Å². The van der Waals surface area contributed by atoms with Crippen LogP contribution >= 0.6 is 0 Å². The van der Waals surface area contributed by atoms with E-state index in [1.807, 2.05) is 6.07 Å². The number of nitriles is 1. The van der Waals surface area contributed by atoms with Crippen molar-refractivity contribution < 1.29 is 46.5 Å². The molecule has 0 atom stereocenters. The number of aryl methyl sites for hydroxylation is 6. The van der Waals surface area contributed by atoms with Crippen molar-refractivity contribution >= 4 is 21.9 Å². The second-order valence-electron chi connectivity index (χ2n) is 16.7. The molecule has 0 saturated heterocycles. The van der Waals surface area contributed by atoms with Gasteiger partial charge in [0.1, 0.15) is 5.58 Å². The predicted molar refractivity (Wildman–Crippen MR) is 269 cm³/mol. The number of fused-ring (bicyclic) bond motifs is 3. The van der Waals surface area contributed by atoms with Crippen molar-refractivity contribution in [3.05, 3.63) is 208 Å². The smallest absolute Gasteiger partial charge is 0.501 e. The minimum Gasteiger partial charge on any atom is -0.501 e. The van der Waals surface area contributed by atoms with Gasteiger partial charge in [0.05, 0.1) is 20.0 Å². The monoisotopic (exact) mass is 1080 g/mol. The van der Waals surface area contributed by atoms with Gasteiger partial charge in [-0.25, -0.2) is 0 Å². The van der Waals surface area contributed by atoms with Crippen molar-refractivity contribution in [3.8, 4) is 39.8 Å². The van der Waals surface area contributed by atoms with Crippen LogP contribution in [0.25, 0.3) is 55.7 Å². The fourth-order valence-corrected chi connectivity index (χ4v) is 8.98. The molecule has 2 aliphatic rings. The molecule has 336 valence electrons. The Balaban J connectivity index is 0.00000786. The van der Waals surface area contributed by atoms with E-state index in [0.717, 1.165) is 24.4 Å². The second-order valence-corrected chi connectivity index (χ2v) is 16.7. The van der Waals surface area contributed by atoms with Crippen molar-refractivity contribution in [2.45, 2.75) is 101 Å². The largest absolute Gasteiger partial charge is 3.00 e. The first-order chi connectivity index (χ1) is 39.2. The number of aromatic nitrogens is 3. The summed E-state index contributed by atoms with van der Waals surface area (Å²) in [7, 11) is 0. The molecule has 5 nitrogen and oxygen atoms in total. The fraction of sp³-hybridized carbons (Fsp3) is 0.258. The first-order valence-electron chi connectivity index (χ1n) is 30.5. The van der Waals surface area contributed by atoms with Gasteiger partial charge >= 0.3 is 20.1 Å². The van der Waals surface area contributed by atoms with Crippen molar-refractivity contribution in [2.75, 3.05) is 0 Å². The zero-order valence-electron chi connectivity index (χ0n) is 52.8. The van der Waals surface area contributed by atoms with Gasteiger partial charge in [-0.15, -0.1) is 90.0 Å². The standard InChI is InChI=1S/C62H53N4O.Ir/c63-38-46-26-30-53-54-20-11-21-55(62(54)67-61(53)35-46)58-31-27-42(39-64-58)22-23-43-32-44(24-28-51-40-65-59(49-16-3-1-4-17-49)36-56(51)47-12-7-8-13-47)34-45(33-43)25-29-52-41-66-60(50-18-5-2-6-19-50)37-57(52)48-14-9-10-15-48;/h1-6,11,16,18,20,26-27,30-37,39-41,47-48H,7-10,12-15,22-25,28-29H2;/q-3;+3/i22D2,23D2,24D2,25D2,26D,28D2,29D2,35D,47D,48D;. The molecule has 0 unspecified atom stereocenters. The summed E-state index contributed by atoms with van der Waals surface area (Å²) in [4.78, 5) is 13.6. The number of furan rings is 1. The van der Waals surface area contributed by atoms with Crippen LogP contribution in [0.5, 0.6) is 0 Å². The number of benzene rings is 5. The zero-order valence-corrected chi connectivity index (χ0v) is 39.2. The van der Waals surface area contributed by atoms with Gasteiger partial charge in [0, 0.05) is 43.2 Å². The van der Waals surface area contributed by atoms with Gasteiger partial charge in [0.25, 0.3) is 0 Å². The molecule has 0 bridgehead atoms. The first-order valence-corrected chi connectivity index (χ1v) is 22.5. The van der Waals surface area contributed by atoms with E-state index in [0.29, 0.717) is 84.7 Å². The quantitative estimate of drug-likeness (QED) is 0.101. The Hall–Kier alpha value is -6.51. The summed E-state index contributed by atoms with van der Waals surface area (Å²) in [5, 5.41) is 10.5. The topological polar surface area (TPSA) is 75.6 Å². The van der Waals surface area contributed by atoms with Crippen molar-refractivity contribution in [1.29, 1.82) is 5.26 Å². The van der Waals surface area contributed by atoms with E-state index >= 15 is 0 Å². The third kappa shape index (κ3) is 9.88. The Morgan fingerprint density at radius 2 is 1.16 bits per heavy atom. The van der Waals surface area contributed by atoms with Crippen LogP contribution in [0.1, 0.15) is 135 Å². The molecule has 68 heavy (non-hydrogen) atoms. The van der Waals surface area contributed by atoms with Gasteiger partial charge in [-0.1, -0.05) is 85.2 Å². The van der Waals surface area contributed by atoms with E-state index in [1.165, 1.54) is 30.6 Å². The summed E-state index contributed by atoms with van der Waals surface area (Å²) in [5.74, 6) is -2.73. The molecule has 11 rings (SSSR count). The molecule has 2 saturated carbocycles. The Morgan fingerprint density at radius 3 is 1.69 bits per heavy atom. The molecule has 0 radical (unpaired) electrons. The predicted octanol–water partition coefficient (Wildman–Crippen LogP) is 14.7. The van der Waals surface area contributed by atoms with Crippen LogP contribution in [-0.2, 0) is 58.3 Å². The van der Waals surface area contributed by atoms with Crippen LogP contribution in [-0.4, -0.2) is 15.0 Å². The van der Waals surface area contributed by atoms with E-state index in [4.69, 9.17) is 7.16 Å². The molecule has 0 aliphatic heterocycles. The number of hydrogen-bond donors (Lipinski definition) is 0. The van der Waals surface area contributed by atoms with Crippen molar-refractivity contribution in [1.82, 2.24) is 15.0 Å². The molecular weight excluding hydrogens is 1010 g/mol. The maximum Gasteiger partial charge on any atom is 3.00 e. The Kier molecular flexibility index (Phi) is 9.19. The third-order valence-electron chi connectivity index (χ3n) is 12.3. The van der Waals surface area contributed by atoms with Gasteiger partial charge in [-0.3, -0.25) is 0 Å². The summed E-state index contributed by atoms with van der Waals surface area (Å²) < 4.78 is 160. The molecule has 4 heterocycles. The van der Waals surface area contributed by atoms with Gasteiger partial charge < -0.3 is 19.4 Å². The maximum atomic E-state index is 9.89. The molecule has 2 aliphatic carbocycles. The average Bonchev–Trinajstić information content (AvgIpc) is 4.30. The molecule has 0 spiro atoms. The maximum absolute atomic E-state index is 9.89. The minimum atomic E-state index is -3.26. The Bertz CT molecular complexity index is 3880. The summed E-state index contributed by atoms with van der Waals surface area (Å²) in [6.07, 6.45) is -11.7. The zero-order chi connectivity index (χ0) is 59.3. The van der Waals surface area contributed by atoms with E-state index < -0.39 is 66.7 Å². The molecular formula is C62H53IrN4O. The van der Waals surface area contributed by atoms with Crippen LogP contribution in [0, 0.1) is 29.5 Å². The molecule has 9 aromatic rings. The van der Waals surface area contributed by atoms with E-state index in [9.17, 15) is 24.5 Å². The summed E-state index contributed by atoms with van der Waals surface area (Å²) >= 11 is 0. The Labute approximate surface area is 436 Å². The van der Waals surface area contributed by atoms with Gasteiger partial charge in [0.2, 0.25) is 0 Å². The van der Waals surface area contributed by atoms with E-state index in [2.05, 4.69) is 33.2 Å². The summed E-state index contributed by atoms with van der Waals surface area (Å²) in [6.45, 7) is 0. The first kappa shape index (κ1) is 30.1. The van der Waals surface area contributed by atoms with Crippen LogP contribution in [0.15, 0.2) is 144 Å². The second kappa shape index (κ2) is 20.8. The Morgan fingerprint density at radius 1 is 0.603 bits per heavy atom. The molecule has 6 heteroatoms. The summed E-state index contributed by atoms with van der Waals surface area (Å²) in [5.41, 5.74) is -0.106. The average molecular weight is 1080 g/mol. The van der Waals surface area contributed by atoms with Gasteiger partial charge in [0.15, 0.2) is 0 Å². The molecule has 2 fully saturated rings. The van der Waals surface area contributed by atoms with Crippen molar-refractivity contribution in [3.63, 3.8) is 0 Å². The van der Waals surface area contributed by atoms with Crippen molar-refractivity contribution in [2.24, 2.45) is 0 Å². The number of rotatable bonds is 14. The van der Waals surface area contributed by atoms with Crippen LogP contribution in [0.2, 0.25) is 0 Å². The molecule has 5 aromatic carbocycles. The summed E-state index contributed by atoms with van der Waals surface area (Å²) in [6, 6.07) is 38.0. The van der Waals surface area contributed by atoms with E-state index in [-0.39, 0.29) is 88.0 Å². The minimum absolute atomic E-state index is 0. The van der Waals surface area contributed by atoms with Gasteiger partial charge in [-0.2, -0.15) is 5.26 Å². The van der Waals surface area contributed by atoms with Crippen LogP contribution in [0.3, 0.4) is 0 Å². The third-order valence-corrected chi connectivity index (χ3v) is 12.3. The van der Waals surface area contributed by atoms with Crippen LogP contribution < -0.4 is 0 Å². The molecule has 0 amide bonds. The number of hydrogen-bond acceptors (Lipinski definition) is 5.